The number of halogens is 1. The molecule has 2 aromatic carbocycles. The van der Waals surface area contributed by atoms with E-state index in [-0.39, 0.29) is 0 Å². The van der Waals surface area contributed by atoms with Gasteiger partial charge in [-0.25, -0.2) is 0 Å². The fourth-order valence-electron chi connectivity index (χ4n) is 1.98. The number of nitrogens with one attached hydrogen (secondary N) is 1. The molecule has 0 amide bonds. The quantitative estimate of drug-likeness (QED) is 0.859. The van der Waals surface area contributed by atoms with Crippen molar-refractivity contribution in [3.8, 4) is 5.75 Å². The first-order valence-corrected chi connectivity index (χ1v) is 6.88. The summed E-state index contributed by atoms with van der Waals surface area (Å²) in [5.74, 6) is 0.725. The molecule has 0 aliphatic rings. The highest BCUT2D eigenvalue weighted by molar-refractivity contribution is 6.30. The first-order chi connectivity index (χ1) is 9.70. The fourth-order valence-corrected chi connectivity index (χ4v) is 2.11. The summed E-state index contributed by atoms with van der Waals surface area (Å²) in [5, 5.41) is 13.9. The molecule has 0 saturated heterocycles. The van der Waals surface area contributed by atoms with Crippen LogP contribution >= 0.6 is 11.6 Å². The summed E-state index contributed by atoms with van der Waals surface area (Å²) in [6.07, 6.45) is -1.09. The lowest BCUT2D eigenvalue weighted by Gasteiger charge is -2.24. The second-order valence-electron chi connectivity index (χ2n) is 4.53. The Morgan fingerprint density at radius 3 is 2.35 bits per heavy atom. The van der Waals surface area contributed by atoms with Crippen LogP contribution < -0.4 is 10.1 Å². The maximum Gasteiger partial charge on any atom is 0.151 e. The van der Waals surface area contributed by atoms with Crippen LogP contribution in [0, 0.1) is 0 Å². The number of aliphatic hydroxyl groups is 1. The van der Waals surface area contributed by atoms with Crippen molar-refractivity contribution in [2.75, 3.05) is 13.6 Å². The fraction of sp³-hybridized carbons (Fsp3) is 0.250. The van der Waals surface area contributed by atoms with Gasteiger partial charge >= 0.3 is 0 Å². The highest BCUT2D eigenvalue weighted by atomic mass is 35.5. The van der Waals surface area contributed by atoms with Crippen molar-refractivity contribution < 1.29 is 9.84 Å². The van der Waals surface area contributed by atoms with Crippen molar-refractivity contribution in [2.24, 2.45) is 0 Å². The molecule has 0 saturated carbocycles. The Labute approximate surface area is 124 Å². The standard InChI is InChI=1S/C16H18ClNO2/c1-18-11-15(19)16(12-7-9-13(17)10-8-12)20-14-5-3-2-4-6-14/h2-10,15-16,18-19H,11H2,1H3. The van der Waals surface area contributed by atoms with Gasteiger partial charge in [0.2, 0.25) is 0 Å². The molecule has 0 bridgehead atoms. The number of ether oxygens (including phenoxy) is 1. The van der Waals surface area contributed by atoms with Gasteiger partial charge in [-0.2, -0.15) is 0 Å². The Morgan fingerprint density at radius 1 is 1.10 bits per heavy atom. The third-order valence-corrected chi connectivity index (χ3v) is 3.22. The molecule has 0 heterocycles. The van der Waals surface area contributed by atoms with Gasteiger partial charge in [0, 0.05) is 11.6 Å². The van der Waals surface area contributed by atoms with Crippen molar-refractivity contribution in [3.63, 3.8) is 0 Å². The Hall–Kier alpha value is -1.55. The van der Waals surface area contributed by atoms with Gasteiger partial charge in [0.1, 0.15) is 11.9 Å². The third kappa shape index (κ3) is 3.97. The summed E-state index contributed by atoms with van der Waals surface area (Å²) in [7, 11) is 1.80. The van der Waals surface area contributed by atoms with E-state index in [0.29, 0.717) is 11.6 Å². The van der Waals surface area contributed by atoms with E-state index < -0.39 is 12.2 Å². The molecule has 0 fully saturated rings. The van der Waals surface area contributed by atoms with Crippen LogP contribution in [-0.4, -0.2) is 24.8 Å². The lowest BCUT2D eigenvalue weighted by molar-refractivity contribution is 0.0369. The summed E-state index contributed by atoms with van der Waals surface area (Å²) < 4.78 is 5.92. The van der Waals surface area contributed by atoms with Crippen LogP contribution in [0.25, 0.3) is 0 Å². The monoisotopic (exact) mass is 291 g/mol. The molecule has 3 nitrogen and oxygen atoms in total. The van der Waals surface area contributed by atoms with Crippen LogP contribution in [0.2, 0.25) is 5.02 Å². The van der Waals surface area contributed by atoms with E-state index in [4.69, 9.17) is 16.3 Å². The maximum atomic E-state index is 10.3. The minimum absolute atomic E-state index is 0.442. The molecular formula is C16H18ClNO2. The first kappa shape index (κ1) is 14.9. The van der Waals surface area contributed by atoms with Crippen LogP contribution in [0.3, 0.4) is 0 Å². The van der Waals surface area contributed by atoms with Crippen LogP contribution in [0.5, 0.6) is 5.75 Å². The molecule has 106 valence electrons. The third-order valence-electron chi connectivity index (χ3n) is 2.97. The van der Waals surface area contributed by atoms with Gasteiger partial charge in [-0.1, -0.05) is 41.9 Å². The number of likely N-dealkylation sites (N-methyl/N-ethyl adjacent to an activating group) is 1. The highest BCUT2D eigenvalue weighted by Crippen LogP contribution is 2.25. The topological polar surface area (TPSA) is 41.5 Å². The Bertz CT molecular complexity index is 516. The minimum atomic E-state index is -0.651. The average Bonchev–Trinajstić information content (AvgIpc) is 2.47. The summed E-state index contributed by atoms with van der Waals surface area (Å²) in [4.78, 5) is 0. The lowest BCUT2D eigenvalue weighted by atomic mass is 10.0. The van der Waals surface area contributed by atoms with Gasteiger partial charge in [-0.15, -0.1) is 0 Å². The predicted molar refractivity (Wildman–Crippen MR) is 81.2 cm³/mol. The van der Waals surface area contributed by atoms with Crippen molar-refractivity contribution >= 4 is 11.6 Å². The molecule has 0 radical (unpaired) electrons. The van der Waals surface area contributed by atoms with E-state index >= 15 is 0 Å². The molecule has 4 heteroatoms. The van der Waals surface area contributed by atoms with Gasteiger partial charge in [-0.3, -0.25) is 0 Å². The maximum absolute atomic E-state index is 10.3. The van der Waals surface area contributed by atoms with E-state index in [0.717, 1.165) is 11.3 Å². The molecule has 2 rings (SSSR count). The van der Waals surface area contributed by atoms with Gasteiger partial charge in [-0.05, 0) is 36.9 Å². The molecule has 2 aromatic rings. The molecule has 20 heavy (non-hydrogen) atoms. The average molecular weight is 292 g/mol. The number of rotatable bonds is 6. The Morgan fingerprint density at radius 2 is 1.75 bits per heavy atom. The van der Waals surface area contributed by atoms with Gasteiger partial charge in [0.25, 0.3) is 0 Å². The summed E-state index contributed by atoms with van der Waals surface area (Å²) in [5.41, 5.74) is 0.890. The molecule has 0 aromatic heterocycles. The Kier molecular flexibility index (Phi) is 5.41. The number of para-hydroxylation sites is 1. The second kappa shape index (κ2) is 7.29. The van der Waals surface area contributed by atoms with Crippen molar-refractivity contribution in [1.82, 2.24) is 5.32 Å². The predicted octanol–water partition coefficient (Wildman–Crippen LogP) is 3.04. The molecule has 0 spiro atoms. The molecule has 0 aliphatic heterocycles. The Balaban J connectivity index is 2.22. The van der Waals surface area contributed by atoms with Crippen LogP contribution in [0.15, 0.2) is 54.6 Å². The van der Waals surface area contributed by atoms with Crippen molar-refractivity contribution in [2.45, 2.75) is 12.2 Å². The zero-order valence-corrected chi connectivity index (χ0v) is 12.0. The SMILES string of the molecule is CNCC(O)C(Oc1ccccc1)c1ccc(Cl)cc1. The van der Waals surface area contributed by atoms with E-state index in [1.807, 2.05) is 42.5 Å². The minimum Gasteiger partial charge on any atom is -0.483 e. The molecule has 2 N–H and O–H groups in total. The first-order valence-electron chi connectivity index (χ1n) is 6.50. The number of benzene rings is 2. The summed E-state index contributed by atoms with van der Waals surface area (Å²) in [6.45, 7) is 0.445. The smallest absolute Gasteiger partial charge is 0.151 e. The van der Waals surface area contributed by atoms with E-state index in [9.17, 15) is 5.11 Å². The van der Waals surface area contributed by atoms with Crippen molar-refractivity contribution in [3.05, 3.63) is 65.2 Å². The normalized spacial score (nSPS) is 13.8. The van der Waals surface area contributed by atoms with Gasteiger partial charge in [0.05, 0.1) is 0 Å². The summed E-state index contributed by atoms with van der Waals surface area (Å²) >= 11 is 5.90. The number of aliphatic hydroxyl groups excluding tert-OH is 1. The second-order valence-corrected chi connectivity index (χ2v) is 4.96. The molecule has 2 atom stereocenters. The molecular weight excluding hydrogens is 274 g/mol. The highest BCUT2D eigenvalue weighted by Gasteiger charge is 2.22. The lowest BCUT2D eigenvalue weighted by Crippen LogP contribution is -2.32. The molecule has 0 aliphatic carbocycles. The zero-order valence-electron chi connectivity index (χ0n) is 11.3. The van der Waals surface area contributed by atoms with Crippen molar-refractivity contribution in [1.29, 1.82) is 0 Å². The van der Waals surface area contributed by atoms with Gasteiger partial charge in [0.15, 0.2) is 6.10 Å². The van der Waals surface area contributed by atoms with Gasteiger partial charge < -0.3 is 15.2 Å². The molecule has 2 unspecified atom stereocenters. The van der Waals surface area contributed by atoms with Crippen LogP contribution in [0.4, 0.5) is 0 Å². The zero-order chi connectivity index (χ0) is 14.4. The van der Waals surface area contributed by atoms with Crippen LogP contribution in [-0.2, 0) is 0 Å². The van der Waals surface area contributed by atoms with Crippen LogP contribution in [0.1, 0.15) is 11.7 Å². The summed E-state index contributed by atoms with van der Waals surface area (Å²) in [6, 6.07) is 16.8. The van der Waals surface area contributed by atoms with E-state index in [1.54, 1.807) is 19.2 Å². The van der Waals surface area contributed by atoms with E-state index in [1.165, 1.54) is 0 Å². The number of hydrogen-bond donors (Lipinski definition) is 2. The van der Waals surface area contributed by atoms with E-state index in [2.05, 4.69) is 5.32 Å². The largest absolute Gasteiger partial charge is 0.483 e. The number of hydrogen-bond acceptors (Lipinski definition) is 3.